The molecule has 1 amide bonds. The van der Waals surface area contributed by atoms with E-state index in [0.717, 1.165) is 16.4 Å². The molecule has 1 atom stereocenters. The van der Waals surface area contributed by atoms with Crippen LogP contribution in [0, 0.1) is 5.82 Å². The molecule has 1 heterocycles. The van der Waals surface area contributed by atoms with Crippen molar-refractivity contribution in [1.82, 2.24) is 5.32 Å². The van der Waals surface area contributed by atoms with Crippen LogP contribution in [0.15, 0.2) is 89.8 Å². The minimum Gasteiger partial charge on any atom is -0.496 e. The third kappa shape index (κ3) is 6.71. The van der Waals surface area contributed by atoms with Crippen LogP contribution in [-0.2, 0) is 21.2 Å². The number of hydrogen-bond acceptors (Lipinski definition) is 7. The van der Waals surface area contributed by atoms with Gasteiger partial charge in [0.15, 0.2) is 0 Å². The van der Waals surface area contributed by atoms with E-state index < -0.39 is 46.1 Å². The van der Waals surface area contributed by atoms with E-state index in [1.165, 1.54) is 61.7 Å². The topological polar surface area (TPSA) is 131 Å². The Labute approximate surface area is 262 Å². The van der Waals surface area contributed by atoms with Gasteiger partial charge in [0.1, 0.15) is 35.7 Å². The first kappa shape index (κ1) is 32.2. The first-order chi connectivity index (χ1) is 22.0. The lowest BCUT2D eigenvalue weighted by atomic mass is 10.0. The second kappa shape index (κ2) is 13.4. The number of carbonyl (C=O) groups excluding carboxylic acids is 1. The SMILES string of the molecule is COc1cccc2c1CC(C(=O)NCCOc1ccc(C(=O)O)cc1)N2S(=O)(=O)c1ccc(-c2ccc(F)cc2OC(F)F)cc1. The molecule has 4 aromatic rings. The minimum atomic E-state index is -4.36. The van der Waals surface area contributed by atoms with Gasteiger partial charge in [-0.2, -0.15) is 8.78 Å². The van der Waals surface area contributed by atoms with Crippen LogP contribution in [0.25, 0.3) is 11.1 Å². The Morgan fingerprint density at radius 3 is 2.37 bits per heavy atom. The summed E-state index contributed by atoms with van der Waals surface area (Å²) in [5.74, 6) is -2.08. The third-order valence-electron chi connectivity index (χ3n) is 7.20. The third-order valence-corrected chi connectivity index (χ3v) is 9.04. The number of aromatic carboxylic acids is 1. The van der Waals surface area contributed by atoms with Gasteiger partial charge in [-0.1, -0.05) is 18.2 Å². The summed E-state index contributed by atoms with van der Waals surface area (Å²) >= 11 is 0. The summed E-state index contributed by atoms with van der Waals surface area (Å²) in [4.78, 5) is 24.3. The quantitative estimate of drug-likeness (QED) is 0.201. The first-order valence-electron chi connectivity index (χ1n) is 13.8. The molecule has 0 fully saturated rings. The minimum absolute atomic E-state index is 0.0178. The Kier molecular flexibility index (Phi) is 9.37. The monoisotopic (exact) mass is 656 g/mol. The molecule has 46 heavy (non-hydrogen) atoms. The molecule has 0 aromatic heterocycles. The van der Waals surface area contributed by atoms with E-state index >= 15 is 0 Å². The van der Waals surface area contributed by atoms with Crippen molar-refractivity contribution in [3.05, 3.63) is 102 Å². The number of amides is 1. The van der Waals surface area contributed by atoms with E-state index in [-0.39, 0.29) is 41.3 Å². The molecule has 1 unspecified atom stereocenters. The molecular formula is C32H27F3N2O8S. The van der Waals surface area contributed by atoms with Crippen molar-refractivity contribution in [3.63, 3.8) is 0 Å². The maximum atomic E-state index is 14.1. The largest absolute Gasteiger partial charge is 0.496 e. The van der Waals surface area contributed by atoms with Gasteiger partial charge in [-0.25, -0.2) is 17.6 Å². The van der Waals surface area contributed by atoms with Crippen molar-refractivity contribution >= 4 is 27.6 Å². The summed E-state index contributed by atoms with van der Waals surface area (Å²) in [6, 6.07) is 17.7. The van der Waals surface area contributed by atoms with E-state index in [9.17, 15) is 31.2 Å². The molecule has 0 saturated carbocycles. The highest BCUT2D eigenvalue weighted by Gasteiger charge is 2.43. The predicted molar refractivity (Wildman–Crippen MR) is 161 cm³/mol. The zero-order valence-corrected chi connectivity index (χ0v) is 25.0. The Balaban J connectivity index is 1.37. The van der Waals surface area contributed by atoms with Crippen molar-refractivity contribution in [2.75, 3.05) is 24.6 Å². The molecular weight excluding hydrogens is 629 g/mol. The number of nitrogens with zero attached hydrogens (tertiary/aromatic N) is 1. The smallest absolute Gasteiger partial charge is 0.387 e. The predicted octanol–water partition coefficient (Wildman–Crippen LogP) is 5.12. The van der Waals surface area contributed by atoms with Crippen LogP contribution in [0.3, 0.4) is 0 Å². The first-order valence-corrected chi connectivity index (χ1v) is 15.2. The number of carbonyl (C=O) groups is 2. The molecule has 2 N–H and O–H groups in total. The fourth-order valence-electron chi connectivity index (χ4n) is 5.10. The number of carboxylic acids is 1. The van der Waals surface area contributed by atoms with Crippen molar-refractivity contribution < 1.29 is 50.5 Å². The molecule has 0 bridgehead atoms. The zero-order valence-electron chi connectivity index (χ0n) is 24.2. The number of alkyl halides is 2. The van der Waals surface area contributed by atoms with Gasteiger partial charge in [-0.05, 0) is 66.2 Å². The van der Waals surface area contributed by atoms with E-state index in [1.54, 1.807) is 18.2 Å². The Morgan fingerprint density at radius 2 is 1.72 bits per heavy atom. The van der Waals surface area contributed by atoms with Crippen molar-refractivity contribution in [2.45, 2.75) is 24.0 Å². The van der Waals surface area contributed by atoms with Gasteiger partial charge >= 0.3 is 12.6 Å². The number of carboxylic acid groups (broad SMARTS) is 1. The molecule has 0 saturated heterocycles. The Morgan fingerprint density at radius 1 is 1.00 bits per heavy atom. The molecule has 1 aliphatic heterocycles. The number of rotatable bonds is 12. The second-order valence-electron chi connectivity index (χ2n) is 9.99. The van der Waals surface area contributed by atoms with Crippen LogP contribution in [0.1, 0.15) is 15.9 Å². The lowest BCUT2D eigenvalue weighted by Crippen LogP contribution is -2.48. The number of sulfonamides is 1. The van der Waals surface area contributed by atoms with Crippen LogP contribution in [-0.4, -0.2) is 58.3 Å². The fourth-order valence-corrected chi connectivity index (χ4v) is 6.74. The molecule has 14 heteroatoms. The lowest BCUT2D eigenvalue weighted by molar-refractivity contribution is -0.122. The zero-order chi connectivity index (χ0) is 33.0. The summed E-state index contributed by atoms with van der Waals surface area (Å²) < 4.78 is 84.2. The van der Waals surface area contributed by atoms with Crippen LogP contribution in [0.4, 0.5) is 18.9 Å². The fraction of sp³-hybridized carbons (Fsp3) is 0.188. The van der Waals surface area contributed by atoms with E-state index in [0.29, 0.717) is 22.6 Å². The van der Waals surface area contributed by atoms with E-state index in [2.05, 4.69) is 10.1 Å². The van der Waals surface area contributed by atoms with Crippen LogP contribution >= 0.6 is 0 Å². The van der Waals surface area contributed by atoms with Crippen LogP contribution in [0.2, 0.25) is 0 Å². The second-order valence-corrected chi connectivity index (χ2v) is 11.8. The molecule has 0 aliphatic carbocycles. The van der Waals surface area contributed by atoms with Gasteiger partial charge in [0.25, 0.3) is 10.0 Å². The molecule has 10 nitrogen and oxygen atoms in total. The molecule has 240 valence electrons. The van der Waals surface area contributed by atoms with Gasteiger partial charge in [0.05, 0.1) is 29.8 Å². The van der Waals surface area contributed by atoms with E-state index in [1.807, 2.05) is 0 Å². The summed E-state index contributed by atoms with van der Waals surface area (Å²) in [6.45, 7) is -3.16. The highest BCUT2D eigenvalue weighted by molar-refractivity contribution is 7.93. The molecule has 5 rings (SSSR count). The number of benzene rings is 4. The van der Waals surface area contributed by atoms with Gasteiger partial charge in [0, 0.05) is 23.6 Å². The van der Waals surface area contributed by atoms with Gasteiger partial charge < -0.3 is 24.6 Å². The van der Waals surface area contributed by atoms with Crippen LogP contribution in [0.5, 0.6) is 17.2 Å². The summed E-state index contributed by atoms with van der Waals surface area (Å²) in [5, 5.41) is 11.7. The Hall–Kier alpha value is -5.24. The van der Waals surface area contributed by atoms with Crippen molar-refractivity contribution in [3.8, 4) is 28.4 Å². The van der Waals surface area contributed by atoms with Crippen molar-refractivity contribution in [1.29, 1.82) is 0 Å². The summed E-state index contributed by atoms with van der Waals surface area (Å²) in [6.07, 6.45) is 0.0178. The molecule has 4 aromatic carbocycles. The van der Waals surface area contributed by atoms with Crippen LogP contribution < -0.4 is 23.8 Å². The molecule has 0 spiro atoms. The summed E-state index contributed by atoms with van der Waals surface area (Å²) in [7, 11) is -2.93. The number of hydrogen-bond donors (Lipinski definition) is 2. The highest BCUT2D eigenvalue weighted by atomic mass is 32.2. The number of fused-ring (bicyclic) bond motifs is 1. The maximum Gasteiger partial charge on any atom is 0.387 e. The van der Waals surface area contributed by atoms with Crippen molar-refractivity contribution in [2.24, 2.45) is 0 Å². The standard InChI is InChI=1S/C32H27F3N2O8S/c1-43-28-4-2-3-26-25(28)18-27(30(38)36-15-16-44-22-10-5-20(6-11-22)31(39)40)37(26)46(41,42)23-12-7-19(8-13-23)24-14-9-21(33)17-29(24)45-32(34)35/h2-14,17,27,32H,15-16,18H2,1H3,(H,36,38)(H,39,40). The number of nitrogens with one attached hydrogen (secondary N) is 1. The summed E-state index contributed by atoms with van der Waals surface area (Å²) in [5.41, 5.74) is 1.28. The van der Waals surface area contributed by atoms with E-state index in [4.69, 9.17) is 14.6 Å². The average Bonchev–Trinajstić information content (AvgIpc) is 3.44. The Bertz CT molecular complexity index is 1850. The molecule has 0 radical (unpaired) electrons. The lowest BCUT2D eigenvalue weighted by Gasteiger charge is -2.26. The highest BCUT2D eigenvalue weighted by Crippen LogP contribution is 2.42. The normalized spacial score (nSPS) is 14.1. The number of ether oxygens (including phenoxy) is 3. The van der Waals surface area contributed by atoms with Gasteiger partial charge in [-0.3, -0.25) is 9.10 Å². The molecule has 1 aliphatic rings. The van der Waals surface area contributed by atoms with Gasteiger partial charge in [-0.15, -0.1) is 0 Å². The van der Waals surface area contributed by atoms with Gasteiger partial charge in [0.2, 0.25) is 5.91 Å². The number of anilines is 1. The maximum absolute atomic E-state index is 14.1. The number of methoxy groups -OCH3 is 1. The number of halogens is 3. The average molecular weight is 657 g/mol.